The topological polar surface area (TPSA) is 196 Å². The van der Waals surface area contributed by atoms with Crippen molar-refractivity contribution in [3.05, 3.63) is 57.7 Å². The Bertz CT molecular complexity index is 1470. The molecule has 7 N–H and O–H groups in total. The Balaban J connectivity index is 1.47. The molecule has 13 heteroatoms. The predicted molar refractivity (Wildman–Crippen MR) is 148 cm³/mol. The molecule has 0 saturated heterocycles. The quantitative estimate of drug-likeness (QED) is 0.115. The van der Waals surface area contributed by atoms with Gasteiger partial charge in [0.1, 0.15) is 66.9 Å². The summed E-state index contributed by atoms with van der Waals surface area (Å²) < 4.78 is 12.8. The molecule has 4 heterocycles. The Kier molecular flexibility index (Phi) is 8.94. The number of aliphatic hydroxyl groups is 6. The third-order valence-corrected chi connectivity index (χ3v) is 8.00. The molecule has 1 aromatic heterocycles. The molecule has 5 rings (SSSR count). The molecule has 3 aliphatic rings. The van der Waals surface area contributed by atoms with Crippen LogP contribution in [-0.4, -0.2) is 98.8 Å². The second-order valence-electron chi connectivity index (χ2n) is 11.1. The zero-order chi connectivity index (χ0) is 30.2. The summed E-state index contributed by atoms with van der Waals surface area (Å²) in [5.74, 6) is 0.993. The number of ether oxygens (including phenoxy) is 1. The Morgan fingerprint density at radius 3 is 2.64 bits per heavy atom. The maximum absolute atomic E-state index is 13.1. The van der Waals surface area contributed by atoms with Crippen molar-refractivity contribution in [2.75, 3.05) is 26.4 Å². The second-order valence-corrected chi connectivity index (χ2v) is 11.1. The van der Waals surface area contributed by atoms with Gasteiger partial charge in [-0.3, -0.25) is 14.7 Å². The molecule has 0 bridgehead atoms. The number of hydrogen-bond acceptors (Lipinski definition) is 12. The van der Waals surface area contributed by atoms with Gasteiger partial charge in [-0.25, -0.2) is 9.78 Å². The molecule has 42 heavy (non-hydrogen) atoms. The lowest BCUT2D eigenvalue weighted by atomic mass is 9.85. The molecule has 7 unspecified atom stereocenters. The summed E-state index contributed by atoms with van der Waals surface area (Å²) >= 11 is 0. The molecule has 0 saturated carbocycles. The van der Waals surface area contributed by atoms with Gasteiger partial charge in [0.2, 0.25) is 11.3 Å². The van der Waals surface area contributed by atoms with Crippen molar-refractivity contribution in [3.63, 3.8) is 0 Å². The monoisotopic (exact) mass is 589 g/mol. The smallest absolute Gasteiger partial charge is 0.222 e. The first kappa shape index (κ1) is 30.5. The molecule has 3 aliphatic heterocycles. The fourth-order valence-corrected chi connectivity index (χ4v) is 5.59. The highest BCUT2D eigenvalue weighted by Gasteiger charge is 2.46. The number of nitrogens with one attached hydrogen (secondary N) is 1. The van der Waals surface area contributed by atoms with E-state index < -0.39 is 49.3 Å². The number of allylic oxidation sites excluding steroid dienone is 1. The fraction of sp³-hybridized carbons (Fsp3) is 0.517. The lowest BCUT2D eigenvalue weighted by Crippen LogP contribution is -3.01. The van der Waals surface area contributed by atoms with Gasteiger partial charge in [0.25, 0.3) is 0 Å². The van der Waals surface area contributed by atoms with Gasteiger partial charge in [-0.05, 0) is 38.8 Å². The Morgan fingerprint density at radius 1 is 1.17 bits per heavy atom. The Labute approximate surface area is 241 Å². The van der Waals surface area contributed by atoms with Crippen molar-refractivity contribution >= 4 is 22.4 Å². The van der Waals surface area contributed by atoms with Crippen LogP contribution in [0.1, 0.15) is 31.1 Å². The number of quaternary nitrogens is 1. The van der Waals surface area contributed by atoms with Crippen LogP contribution in [0, 0.1) is 6.92 Å². The minimum Gasteiger partial charge on any atom is -0.478 e. The minimum absolute atomic E-state index is 0.0936. The van der Waals surface area contributed by atoms with Crippen LogP contribution in [0.2, 0.25) is 0 Å². The van der Waals surface area contributed by atoms with Gasteiger partial charge in [-0.15, -0.1) is 0 Å². The summed E-state index contributed by atoms with van der Waals surface area (Å²) in [5, 5.41) is 58.8. The van der Waals surface area contributed by atoms with E-state index in [1.165, 1.54) is 6.07 Å². The molecule has 228 valence electrons. The first-order valence-corrected chi connectivity index (χ1v) is 13.9. The maximum atomic E-state index is 13.1. The lowest BCUT2D eigenvalue weighted by Gasteiger charge is -2.42. The lowest BCUT2D eigenvalue weighted by molar-refractivity contribution is -0.759. The molecule has 13 nitrogen and oxygen atoms in total. The van der Waals surface area contributed by atoms with Gasteiger partial charge in [-0.1, -0.05) is 0 Å². The van der Waals surface area contributed by atoms with E-state index in [4.69, 9.17) is 24.0 Å². The van der Waals surface area contributed by atoms with Crippen molar-refractivity contribution in [1.29, 1.82) is 0 Å². The maximum Gasteiger partial charge on any atom is 0.222 e. The number of nitrogens with zero attached hydrogens (tertiary/aromatic N) is 1. The number of hydrogen-bond donors (Lipinski definition) is 7. The summed E-state index contributed by atoms with van der Waals surface area (Å²) in [5.41, 5.74) is 2.41. The summed E-state index contributed by atoms with van der Waals surface area (Å²) in [7, 11) is 0. The fourth-order valence-electron chi connectivity index (χ4n) is 5.59. The molecular weight excluding hydrogens is 552 g/mol. The average molecular weight is 590 g/mol. The van der Waals surface area contributed by atoms with Crippen molar-refractivity contribution in [2.45, 2.75) is 69.2 Å². The zero-order valence-corrected chi connectivity index (χ0v) is 23.4. The van der Waals surface area contributed by atoms with E-state index in [0.29, 0.717) is 53.1 Å². The van der Waals surface area contributed by atoms with E-state index in [2.05, 4.69) is 4.99 Å². The third kappa shape index (κ3) is 5.80. The average Bonchev–Trinajstić information content (AvgIpc) is 3.57. The molecule has 0 radical (unpaired) electrons. The van der Waals surface area contributed by atoms with Crippen LogP contribution >= 0.6 is 0 Å². The second kappa shape index (κ2) is 12.3. The van der Waals surface area contributed by atoms with Gasteiger partial charge < -0.3 is 39.8 Å². The van der Waals surface area contributed by atoms with Gasteiger partial charge in [0, 0.05) is 30.9 Å². The number of aryl methyl sites for hydroxylation is 1. The SMILES string of the molecule is Cc1cc(=O)c2cc3c(c([NH+]4C=C5C=CN=C5C4)c2o1)OC(C)(CCCO)C(OOCC(O)C(O)C(O)C(O)CO)C3. The molecular formula is C29H37N2O11+. The number of aliphatic hydroxyl groups excluding tert-OH is 6. The van der Waals surface area contributed by atoms with Crippen LogP contribution in [0.4, 0.5) is 5.69 Å². The van der Waals surface area contributed by atoms with Crippen LogP contribution in [0.3, 0.4) is 0 Å². The highest BCUT2D eigenvalue weighted by atomic mass is 17.2. The summed E-state index contributed by atoms with van der Waals surface area (Å²) in [6.07, 6.45) is -1.02. The van der Waals surface area contributed by atoms with E-state index in [1.54, 1.807) is 19.2 Å². The molecule has 7 atom stereocenters. The highest BCUT2D eigenvalue weighted by Crippen LogP contribution is 2.44. The first-order valence-electron chi connectivity index (χ1n) is 13.9. The van der Waals surface area contributed by atoms with Crippen molar-refractivity contribution in [1.82, 2.24) is 0 Å². The van der Waals surface area contributed by atoms with E-state index in [9.17, 15) is 30.3 Å². The largest absolute Gasteiger partial charge is 0.478 e. The Morgan fingerprint density at radius 2 is 1.93 bits per heavy atom. The minimum atomic E-state index is -1.81. The summed E-state index contributed by atoms with van der Waals surface area (Å²) in [4.78, 5) is 29.4. The highest BCUT2D eigenvalue weighted by molar-refractivity contribution is 6.07. The van der Waals surface area contributed by atoms with Crippen molar-refractivity contribution < 1.29 is 54.5 Å². The van der Waals surface area contributed by atoms with Crippen molar-refractivity contribution in [2.24, 2.45) is 4.99 Å². The number of aliphatic imine (C=N–C) groups is 1. The van der Waals surface area contributed by atoms with Crippen LogP contribution in [-0.2, 0) is 16.2 Å². The first-order chi connectivity index (χ1) is 20.1. The molecule has 1 aromatic carbocycles. The van der Waals surface area contributed by atoms with Crippen molar-refractivity contribution in [3.8, 4) is 5.75 Å². The van der Waals surface area contributed by atoms with Gasteiger partial charge in [0.05, 0.1) is 17.6 Å². The van der Waals surface area contributed by atoms with Crippen LogP contribution < -0.4 is 15.1 Å². The van der Waals surface area contributed by atoms with E-state index in [0.717, 1.165) is 16.2 Å². The molecule has 2 aromatic rings. The van der Waals surface area contributed by atoms with E-state index in [1.807, 2.05) is 19.2 Å². The van der Waals surface area contributed by atoms with Crippen LogP contribution in [0.15, 0.2) is 50.4 Å². The normalized spacial score (nSPS) is 25.8. The summed E-state index contributed by atoms with van der Waals surface area (Å²) in [6, 6.07) is 3.15. The number of benzene rings is 1. The van der Waals surface area contributed by atoms with Crippen LogP contribution in [0.5, 0.6) is 5.75 Å². The van der Waals surface area contributed by atoms with E-state index in [-0.39, 0.29) is 18.5 Å². The molecule has 0 aliphatic carbocycles. The number of fused-ring (bicyclic) bond motifs is 3. The summed E-state index contributed by atoms with van der Waals surface area (Å²) in [6.45, 7) is 2.59. The van der Waals surface area contributed by atoms with E-state index >= 15 is 0 Å². The third-order valence-electron chi connectivity index (χ3n) is 8.00. The zero-order valence-electron chi connectivity index (χ0n) is 23.4. The molecule has 0 amide bonds. The van der Waals surface area contributed by atoms with Gasteiger partial charge in [0.15, 0.2) is 11.2 Å². The van der Waals surface area contributed by atoms with Gasteiger partial charge in [-0.2, -0.15) is 0 Å². The number of rotatable bonds is 12. The molecule has 0 spiro atoms. The standard InChI is InChI=1S/C29H36N2O11/c1-15-8-20(34)18-9-17-10-23(42-39-14-22(36)26(38)25(37)21(35)13-33)29(2,5-3-7-32)41-27(17)24(28(18)40-15)31-11-16-4-6-30-19(16)12-31/h4,6,8-9,11,21-23,25-26,32-33,35-38H,3,5,7,10,12-14H2,1-2H3/p+1. The Hall–Kier alpha value is -2.98. The van der Waals surface area contributed by atoms with Crippen LogP contribution in [0.25, 0.3) is 11.0 Å². The molecule has 0 fully saturated rings. The predicted octanol–water partition coefficient (Wildman–Crippen LogP) is -1.30. The van der Waals surface area contributed by atoms with Gasteiger partial charge >= 0.3 is 0 Å².